The molecule has 1 aromatic carbocycles. The van der Waals surface area contributed by atoms with E-state index < -0.39 is 8.24 Å². The second-order valence-electron chi connectivity index (χ2n) is 6.53. The Morgan fingerprint density at radius 2 is 1.48 bits per heavy atom. The van der Waals surface area contributed by atoms with Crippen molar-refractivity contribution in [2.75, 3.05) is 0 Å². The molecule has 1 nitrogen and oxygen atoms in total. The summed E-state index contributed by atoms with van der Waals surface area (Å²) in [5.74, 6) is 0.611. The largest absolute Gasteiger partial charge is 2.00 e. The molecule has 1 aliphatic carbocycles. The summed E-state index contributed by atoms with van der Waals surface area (Å²) in [7, 11) is -1.57. The van der Waals surface area contributed by atoms with Crippen LogP contribution in [0.3, 0.4) is 0 Å². The number of hydrogen-bond acceptors (Lipinski definition) is 1. The molecule has 1 unspecified atom stereocenters. The van der Waals surface area contributed by atoms with E-state index in [0.29, 0.717) is 5.92 Å². The second-order valence-corrected chi connectivity index (χ2v) is 10.7. The predicted octanol–water partition coefficient (Wildman–Crippen LogP) is -1.17. The minimum atomic E-state index is -1.57. The quantitative estimate of drug-likeness (QED) is 0.574. The fourth-order valence-electron chi connectivity index (χ4n) is 3.39. The van der Waals surface area contributed by atoms with Crippen LogP contribution >= 0.6 is 0 Å². The number of halogens is 2. The molecule has 0 aliphatic heterocycles. The molecule has 0 spiro atoms. The van der Waals surface area contributed by atoms with Gasteiger partial charge in [0.15, 0.2) is 0 Å². The fraction of sp³-hybridized carbons (Fsp3) is 0.444. The van der Waals surface area contributed by atoms with Gasteiger partial charge in [-0.05, 0) is 37.8 Å². The average Bonchev–Trinajstić information content (AvgIpc) is 2.62. The molecular formula is C18H27Cl2NSiZr. The molecule has 0 radical (unpaired) electrons. The van der Waals surface area contributed by atoms with E-state index in [-0.39, 0.29) is 51.0 Å². The number of hydrogen-bond donors (Lipinski definition) is 1. The molecule has 1 aromatic rings. The third kappa shape index (κ3) is 5.68. The Morgan fingerprint density at radius 1 is 0.957 bits per heavy atom. The van der Waals surface area contributed by atoms with Crippen molar-refractivity contribution < 1.29 is 51.0 Å². The molecule has 0 saturated heterocycles. The Kier molecular flexibility index (Phi) is 11.5. The van der Waals surface area contributed by atoms with Gasteiger partial charge in [-0.2, -0.15) is 0 Å². The van der Waals surface area contributed by atoms with E-state index in [2.05, 4.69) is 76.1 Å². The molecular weight excluding hydrogens is 420 g/mol. The van der Waals surface area contributed by atoms with E-state index in [1.807, 2.05) is 0 Å². The summed E-state index contributed by atoms with van der Waals surface area (Å²) in [5, 5.41) is 1.68. The van der Waals surface area contributed by atoms with Crippen molar-refractivity contribution >= 4 is 8.24 Å². The third-order valence-electron chi connectivity index (χ3n) is 4.89. The smallest absolute Gasteiger partial charge is 1.00 e. The van der Waals surface area contributed by atoms with Gasteiger partial charge in [0, 0.05) is 6.54 Å². The molecule has 23 heavy (non-hydrogen) atoms. The first-order chi connectivity index (χ1) is 9.34. The normalized spacial score (nSPS) is 17.4. The van der Waals surface area contributed by atoms with Gasteiger partial charge in [0.25, 0.3) is 0 Å². The van der Waals surface area contributed by atoms with Crippen LogP contribution in [0.5, 0.6) is 0 Å². The van der Waals surface area contributed by atoms with Crippen LogP contribution in [-0.4, -0.2) is 8.24 Å². The van der Waals surface area contributed by atoms with Gasteiger partial charge in [0.2, 0.25) is 0 Å². The van der Waals surface area contributed by atoms with Crippen molar-refractivity contribution in [1.82, 2.24) is 4.98 Å². The van der Waals surface area contributed by atoms with Gasteiger partial charge in [0.05, 0.1) is 0 Å². The fourth-order valence-corrected chi connectivity index (χ4v) is 6.65. The van der Waals surface area contributed by atoms with Crippen LogP contribution in [0, 0.1) is 5.92 Å². The molecule has 126 valence electrons. The Balaban J connectivity index is 0. The first-order valence-electron chi connectivity index (χ1n) is 7.52. The monoisotopic (exact) mass is 445 g/mol. The first kappa shape index (κ1) is 25.6. The maximum atomic E-state index is 3.87. The standard InChI is InChI=1S/C18H27NSi.2ClH.Zr/c1-13-14(2)16(4)18(15(13)3)20(5,6)19-12-17-10-8-7-9-11-17;;;/h7-11,15,19H,12H2,1-6H3;2*1H;/q;;;+2/p-2. The van der Waals surface area contributed by atoms with Crippen LogP contribution in [0.4, 0.5) is 0 Å². The van der Waals surface area contributed by atoms with Crippen LogP contribution in [0.1, 0.15) is 33.3 Å². The van der Waals surface area contributed by atoms with Gasteiger partial charge in [-0.15, -0.1) is 0 Å². The maximum absolute atomic E-state index is 3.87. The van der Waals surface area contributed by atoms with E-state index in [4.69, 9.17) is 0 Å². The van der Waals surface area contributed by atoms with Crippen LogP contribution < -0.4 is 29.8 Å². The van der Waals surface area contributed by atoms with Crippen molar-refractivity contribution in [3.63, 3.8) is 0 Å². The van der Waals surface area contributed by atoms with Gasteiger partial charge < -0.3 is 29.8 Å². The molecule has 0 heterocycles. The van der Waals surface area contributed by atoms with Crippen molar-refractivity contribution in [3.05, 3.63) is 57.8 Å². The molecule has 1 aliphatic rings. The zero-order valence-electron chi connectivity index (χ0n) is 14.9. The molecule has 1 atom stereocenters. The van der Waals surface area contributed by atoms with Crippen LogP contribution in [-0.2, 0) is 32.7 Å². The van der Waals surface area contributed by atoms with Crippen molar-refractivity contribution in [1.29, 1.82) is 0 Å². The molecule has 0 aromatic heterocycles. The summed E-state index contributed by atoms with van der Waals surface area (Å²) in [5.41, 5.74) is 5.97. The molecule has 1 N–H and O–H groups in total. The van der Waals surface area contributed by atoms with Crippen LogP contribution in [0.2, 0.25) is 13.1 Å². The van der Waals surface area contributed by atoms with Crippen LogP contribution in [0.15, 0.2) is 52.2 Å². The molecule has 0 saturated carbocycles. The molecule has 0 bridgehead atoms. The Morgan fingerprint density at radius 3 is 1.91 bits per heavy atom. The summed E-state index contributed by atoms with van der Waals surface area (Å²) >= 11 is 0. The number of benzene rings is 1. The summed E-state index contributed by atoms with van der Waals surface area (Å²) in [4.78, 5) is 3.87. The second kappa shape index (κ2) is 10.4. The van der Waals surface area contributed by atoms with E-state index in [1.54, 1.807) is 10.8 Å². The zero-order chi connectivity index (χ0) is 14.9. The molecule has 0 amide bonds. The number of rotatable bonds is 4. The number of nitrogens with one attached hydrogen (secondary N) is 1. The minimum absolute atomic E-state index is 0. The Bertz CT molecular complexity index is 568. The van der Waals surface area contributed by atoms with Crippen molar-refractivity contribution in [3.8, 4) is 0 Å². The summed E-state index contributed by atoms with van der Waals surface area (Å²) < 4.78 is 0. The van der Waals surface area contributed by atoms with Gasteiger partial charge in [-0.1, -0.05) is 66.7 Å². The van der Waals surface area contributed by atoms with E-state index in [0.717, 1.165) is 6.54 Å². The minimum Gasteiger partial charge on any atom is -1.00 e. The van der Waals surface area contributed by atoms with E-state index in [1.165, 1.54) is 16.7 Å². The maximum Gasteiger partial charge on any atom is 2.00 e. The van der Waals surface area contributed by atoms with Crippen molar-refractivity contribution in [2.24, 2.45) is 5.92 Å². The van der Waals surface area contributed by atoms with E-state index >= 15 is 0 Å². The van der Waals surface area contributed by atoms with Gasteiger partial charge >= 0.3 is 26.2 Å². The summed E-state index contributed by atoms with van der Waals surface area (Å²) in [6.07, 6.45) is 0. The average molecular weight is 448 g/mol. The van der Waals surface area contributed by atoms with Crippen LogP contribution in [0.25, 0.3) is 0 Å². The Labute approximate surface area is 174 Å². The number of allylic oxidation sites excluding steroid dienone is 4. The molecule has 0 fully saturated rings. The van der Waals surface area contributed by atoms with E-state index in [9.17, 15) is 0 Å². The topological polar surface area (TPSA) is 12.0 Å². The summed E-state index contributed by atoms with van der Waals surface area (Å²) in [6.45, 7) is 15.1. The first-order valence-corrected chi connectivity index (χ1v) is 10.5. The Hall–Kier alpha value is 0.340. The van der Waals surface area contributed by atoms with Crippen molar-refractivity contribution in [2.45, 2.75) is 47.3 Å². The molecule has 5 heteroatoms. The van der Waals surface area contributed by atoms with Gasteiger partial charge in [-0.3, -0.25) is 0 Å². The SMILES string of the molecule is CC1=C(C)C(C)C([Si](C)(C)NCc2ccccc2)=C1C.[Cl-].[Cl-].[Zr+2]. The third-order valence-corrected chi connectivity index (χ3v) is 8.11. The zero-order valence-corrected chi connectivity index (χ0v) is 19.9. The predicted molar refractivity (Wildman–Crippen MR) is 91.0 cm³/mol. The van der Waals surface area contributed by atoms with Gasteiger partial charge in [0.1, 0.15) is 8.24 Å². The van der Waals surface area contributed by atoms with Gasteiger partial charge in [-0.25, -0.2) is 0 Å². The molecule has 2 rings (SSSR count). The summed E-state index contributed by atoms with van der Waals surface area (Å²) in [6, 6.07) is 10.7.